The fourth-order valence-electron chi connectivity index (χ4n) is 4.15. The van der Waals surface area contributed by atoms with Gasteiger partial charge in [-0.25, -0.2) is 14.4 Å². The Hall–Kier alpha value is -4.08. The Bertz CT molecular complexity index is 1100. The van der Waals surface area contributed by atoms with Crippen molar-refractivity contribution in [2.75, 3.05) is 6.54 Å². The van der Waals surface area contributed by atoms with Crippen LogP contribution in [-0.2, 0) is 32.1 Å². The van der Waals surface area contributed by atoms with Crippen LogP contribution in [-0.4, -0.2) is 64.3 Å². The number of carboxylic acids is 1. The van der Waals surface area contributed by atoms with Gasteiger partial charge < -0.3 is 25.2 Å². The second-order valence-corrected chi connectivity index (χ2v) is 10.2. The molecule has 38 heavy (non-hydrogen) atoms. The largest absolute Gasteiger partial charge is 0.480 e. The molecule has 1 aliphatic rings. The second-order valence-electron chi connectivity index (χ2n) is 10.2. The van der Waals surface area contributed by atoms with Gasteiger partial charge in [0.15, 0.2) is 0 Å². The van der Waals surface area contributed by atoms with Gasteiger partial charge in [-0.05, 0) is 44.7 Å². The maximum absolute atomic E-state index is 13.2. The number of nitrogens with zero attached hydrogens (tertiary/aromatic N) is 1. The van der Waals surface area contributed by atoms with Gasteiger partial charge in [0.25, 0.3) is 0 Å². The predicted molar refractivity (Wildman–Crippen MR) is 139 cm³/mol. The summed E-state index contributed by atoms with van der Waals surface area (Å²) in [6.45, 7) is 5.14. The van der Waals surface area contributed by atoms with E-state index < -0.39 is 47.8 Å². The maximum atomic E-state index is 13.2. The van der Waals surface area contributed by atoms with Crippen molar-refractivity contribution in [3.05, 3.63) is 71.8 Å². The summed E-state index contributed by atoms with van der Waals surface area (Å²) in [7, 11) is 0. The summed E-state index contributed by atoms with van der Waals surface area (Å²) in [6.07, 6.45) is -0.668. The van der Waals surface area contributed by atoms with Crippen molar-refractivity contribution in [1.82, 2.24) is 15.5 Å². The average molecular weight is 526 g/mol. The van der Waals surface area contributed by atoms with Crippen LogP contribution in [0.25, 0.3) is 0 Å². The molecule has 10 nitrogen and oxygen atoms in total. The zero-order chi connectivity index (χ0) is 27.7. The van der Waals surface area contributed by atoms with E-state index in [1.54, 1.807) is 32.9 Å². The van der Waals surface area contributed by atoms with E-state index in [1.807, 2.05) is 48.5 Å². The SMILES string of the molecule is CC(C)(C)OC(=O)N[C@@H](CCc1ccccc1)C(=O)N[C@H]1C[C@@H](C(=O)O)N(C(=O)OCc2ccccc2)C1. The van der Waals surface area contributed by atoms with Crippen molar-refractivity contribution in [1.29, 1.82) is 0 Å². The quantitative estimate of drug-likeness (QED) is 0.456. The van der Waals surface area contributed by atoms with Crippen molar-refractivity contribution >= 4 is 24.1 Å². The van der Waals surface area contributed by atoms with Gasteiger partial charge in [0.05, 0.1) is 0 Å². The first-order valence-corrected chi connectivity index (χ1v) is 12.6. The zero-order valence-corrected chi connectivity index (χ0v) is 21.9. The van der Waals surface area contributed by atoms with Crippen LogP contribution < -0.4 is 10.6 Å². The number of carbonyl (C=O) groups is 4. The Morgan fingerprint density at radius 1 is 1.00 bits per heavy atom. The molecule has 3 amide bonds. The van der Waals surface area contributed by atoms with Gasteiger partial charge in [-0.1, -0.05) is 60.7 Å². The van der Waals surface area contributed by atoms with Gasteiger partial charge >= 0.3 is 18.2 Å². The molecule has 2 aromatic rings. The van der Waals surface area contributed by atoms with Crippen LogP contribution >= 0.6 is 0 Å². The third-order valence-electron chi connectivity index (χ3n) is 5.94. The Morgan fingerprint density at radius 3 is 2.18 bits per heavy atom. The molecule has 0 unspecified atom stereocenters. The first kappa shape index (κ1) is 28.5. The highest BCUT2D eigenvalue weighted by molar-refractivity contribution is 5.86. The highest BCUT2D eigenvalue weighted by Crippen LogP contribution is 2.21. The predicted octanol–water partition coefficient (Wildman–Crippen LogP) is 3.49. The molecule has 0 bridgehead atoms. The van der Waals surface area contributed by atoms with Crippen LogP contribution in [0.4, 0.5) is 9.59 Å². The van der Waals surface area contributed by atoms with E-state index >= 15 is 0 Å². The number of amides is 3. The molecule has 0 spiro atoms. The summed E-state index contributed by atoms with van der Waals surface area (Å²) in [5.74, 6) is -1.67. The van der Waals surface area contributed by atoms with E-state index in [-0.39, 0.29) is 19.6 Å². The summed E-state index contributed by atoms with van der Waals surface area (Å²) in [6, 6.07) is 15.9. The van der Waals surface area contributed by atoms with E-state index in [1.165, 1.54) is 0 Å². The van der Waals surface area contributed by atoms with Crippen LogP contribution in [0.3, 0.4) is 0 Å². The van der Waals surface area contributed by atoms with Gasteiger partial charge in [0, 0.05) is 19.0 Å². The molecule has 0 radical (unpaired) electrons. The van der Waals surface area contributed by atoms with Gasteiger partial charge in [-0.15, -0.1) is 0 Å². The van der Waals surface area contributed by atoms with E-state index in [0.717, 1.165) is 16.0 Å². The third-order valence-corrected chi connectivity index (χ3v) is 5.94. The number of ether oxygens (including phenoxy) is 2. The molecule has 1 fully saturated rings. The average Bonchev–Trinajstić information content (AvgIpc) is 3.29. The third kappa shape index (κ3) is 8.79. The van der Waals surface area contributed by atoms with E-state index in [4.69, 9.17) is 9.47 Å². The van der Waals surface area contributed by atoms with Crippen LogP contribution in [0.5, 0.6) is 0 Å². The van der Waals surface area contributed by atoms with Crippen molar-refractivity contribution < 1.29 is 33.8 Å². The topological polar surface area (TPSA) is 134 Å². The first-order chi connectivity index (χ1) is 18.0. The van der Waals surface area contributed by atoms with Crippen LogP contribution in [0, 0.1) is 0 Å². The standard InChI is InChI=1S/C28H35N3O7/c1-28(2,3)38-26(35)30-22(15-14-19-10-6-4-7-11-19)24(32)29-21-16-23(25(33)34)31(17-21)27(36)37-18-20-12-8-5-9-13-20/h4-13,21-23H,14-18H2,1-3H3,(H,29,32)(H,30,35)(H,33,34)/t21-,22-,23-/m0/s1. The fourth-order valence-corrected chi connectivity index (χ4v) is 4.15. The lowest BCUT2D eigenvalue weighted by atomic mass is 10.0. The molecule has 3 atom stereocenters. The first-order valence-electron chi connectivity index (χ1n) is 12.6. The van der Waals surface area contributed by atoms with Crippen molar-refractivity contribution in [2.45, 2.75) is 70.4 Å². The summed E-state index contributed by atoms with van der Waals surface area (Å²) in [4.78, 5) is 51.3. The Balaban J connectivity index is 1.64. The smallest absolute Gasteiger partial charge is 0.410 e. The highest BCUT2D eigenvalue weighted by Gasteiger charge is 2.42. The van der Waals surface area contributed by atoms with Gasteiger partial charge in [-0.3, -0.25) is 9.69 Å². The molecule has 204 valence electrons. The molecule has 1 heterocycles. The number of hydrogen-bond donors (Lipinski definition) is 3. The Kier molecular flexibility index (Phi) is 9.70. The fraction of sp³-hybridized carbons (Fsp3) is 0.429. The number of aliphatic carboxylic acids is 1. The summed E-state index contributed by atoms with van der Waals surface area (Å²) >= 11 is 0. The number of carboxylic acid groups (broad SMARTS) is 1. The van der Waals surface area contributed by atoms with E-state index in [2.05, 4.69) is 10.6 Å². The minimum atomic E-state index is -1.19. The monoisotopic (exact) mass is 525 g/mol. The lowest BCUT2D eigenvalue weighted by Crippen LogP contribution is -2.51. The number of aryl methyl sites for hydroxylation is 1. The molecule has 0 aliphatic carbocycles. The Labute approximate surface area is 222 Å². The van der Waals surface area contributed by atoms with Crippen LogP contribution in [0.2, 0.25) is 0 Å². The lowest BCUT2D eigenvalue weighted by molar-refractivity contribution is -0.141. The van der Waals surface area contributed by atoms with Crippen molar-refractivity contribution in [2.24, 2.45) is 0 Å². The maximum Gasteiger partial charge on any atom is 0.410 e. The highest BCUT2D eigenvalue weighted by atomic mass is 16.6. The van der Waals surface area contributed by atoms with Gasteiger partial charge in [-0.2, -0.15) is 0 Å². The molecule has 3 N–H and O–H groups in total. The number of benzene rings is 2. The molecule has 0 saturated carbocycles. The minimum absolute atomic E-state index is 0.000899. The zero-order valence-electron chi connectivity index (χ0n) is 21.9. The molecule has 0 aromatic heterocycles. The molecule has 3 rings (SSSR count). The summed E-state index contributed by atoms with van der Waals surface area (Å²) in [5.41, 5.74) is 1.02. The second kappa shape index (κ2) is 12.9. The number of hydrogen-bond acceptors (Lipinski definition) is 6. The van der Waals surface area contributed by atoms with E-state index in [9.17, 15) is 24.3 Å². The number of carbonyl (C=O) groups excluding carboxylic acids is 3. The molecular formula is C28H35N3O7. The normalized spacial score (nSPS) is 17.8. The minimum Gasteiger partial charge on any atom is -0.480 e. The number of likely N-dealkylation sites (tertiary alicyclic amines) is 1. The number of rotatable bonds is 9. The summed E-state index contributed by atoms with van der Waals surface area (Å²) < 4.78 is 10.6. The van der Waals surface area contributed by atoms with Gasteiger partial charge in [0.2, 0.25) is 5.91 Å². The Morgan fingerprint density at radius 2 is 1.61 bits per heavy atom. The van der Waals surface area contributed by atoms with Gasteiger partial charge in [0.1, 0.15) is 24.3 Å². The molecule has 1 aliphatic heterocycles. The van der Waals surface area contributed by atoms with Crippen molar-refractivity contribution in [3.63, 3.8) is 0 Å². The molecule has 10 heteroatoms. The lowest BCUT2D eigenvalue weighted by Gasteiger charge is -2.24. The molecular weight excluding hydrogens is 490 g/mol. The molecule has 1 saturated heterocycles. The van der Waals surface area contributed by atoms with E-state index in [0.29, 0.717) is 12.8 Å². The van der Waals surface area contributed by atoms with Crippen LogP contribution in [0.1, 0.15) is 44.7 Å². The van der Waals surface area contributed by atoms with Crippen LogP contribution in [0.15, 0.2) is 60.7 Å². The number of alkyl carbamates (subject to hydrolysis) is 1. The summed E-state index contributed by atoms with van der Waals surface area (Å²) in [5, 5.41) is 15.1. The molecule has 2 aromatic carbocycles. The van der Waals surface area contributed by atoms with Crippen molar-refractivity contribution in [3.8, 4) is 0 Å². The number of nitrogens with one attached hydrogen (secondary N) is 2.